The van der Waals surface area contributed by atoms with Gasteiger partial charge in [0.2, 0.25) is 11.8 Å². The molecule has 9 heteroatoms. The van der Waals surface area contributed by atoms with E-state index in [0.29, 0.717) is 44.7 Å². The van der Waals surface area contributed by atoms with Crippen LogP contribution < -0.4 is 10.6 Å². The van der Waals surface area contributed by atoms with Crippen molar-refractivity contribution in [3.63, 3.8) is 0 Å². The molecular weight excluding hydrogens is 421 g/mol. The molecular formula is C23H27F3N4O2. The van der Waals surface area contributed by atoms with Crippen molar-refractivity contribution in [2.24, 2.45) is 29.4 Å². The van der Waals surface area contributed by atoms with Crippen LogP contribution in [0.3, 0.4) is 0 Å². The van der Waals surface area contributed by atoms with E-state index in [4.69, 9.17) is 11.0 Å². The Labute approximate surface area is 185 Å². The fourth-order valence-electron chi connectivity index (χ4n) is 5.35. The van der Waals surface area contributed by atoms with Crippen molar-refractivity contribution in [1.82, 2.24) is 4.90 Å². The summed E-state index contributed by atoms with van der Waals surface area (Å²) in [6, 6.07) is 5.42. The average Bonchev–Trinajstić information content (AvgIpc) is 3.17. The molecule has 4 rings (SSSR count). The van der Waals surface area contributed by atoms with E-state index in [1.807, 2.05) is 4.90 Å². The highest BCUT2D eigenvalue weighted by atomic mass is 19.4. The number of carbonyl (C=O) groups is 2. The minimum Gasteiger partial charge on any atom is -0.372 e. The number of hydrogen-bond acceptors (Lipinski definition) is 4. The van der Waals surface area contributed by atoms with Crippen LogP contribution in [0.4, 0.5) is 18.9 Å². The van der Waals surface area contributed by atoms with E-state index in [-0.39, 0.29) is 41.0 Å². The molecule has 2 unspecified atom stereocenters. The van der Waals surface area contributed by atoms with Gasteiger partial charge in [0, 0.05) is 37.8 Å². The van der Waals surface area contributed by atoms with Crippen LogP contribution in [0.5, 0.6) is 0 Å². The summed E-state index contributed by atoms with van der Waals surface area (Å²) < 4.78 is 39.9. The molecule has 6 nitrogen and oxygen atoms in total. The molecule has 1 aliphatic carbocycles. The van der Waals surface area contributed by atoms with Crippen LogP contribution in [-0.4, -0.2) is 42.9 Å². The standard InChI is InChI=1S/C23H27F3N4O2/c24-23(25,26)20-10-17(5-4-16(20)11-27)29-8-6-14(7-9-29)18-12-30(13-19(18)21(28)31)22(32)15-2-1-3-15/h4-5,10,14-15,18-19H,1-3,6-9,12-13H2,(H2,28,31). The molecule has 2 aliphatic heterocycles. The Bertz CT molecular complexity index is 930. The molecule has 0 radical (unpaired) electrons. The maximum Gasteiger partial charge on any atom is 0.417 e. The molecule has 0 spiro atoms. The second kappa shape index (κ2) is 8.64. The van der Waals surface area contributed by atoms with Gasteiger partial charge in [-0.15, -0.1) is 0 Å². The maximum atomic E-state index is 13.3. The van der Waals surface area contributed by atoms with Gasteiger partial charge in [-0.3, -0.25) is 9.59 Å². The number of alkyl halides is 3. The summed E-state index contributed by atoms with van der Waals surface area (Å²) in [7, 11) is 0. The lowest BCUT2D eigenvalue weighted by atomic mass is 9.78. The number of piperidine rings is 1. The number of amides is 2. The van der Waals surface area contributed by atoms with Crippen LogP contribution in [0.2, 0.25) is 0 Å². The third kappa shape index (κ3) is 4.27. The zero-order chi connectivity index (χ0) is 23.0. The lowest BCUT2D eigenvalue weighted by molar-refractivity contribution is -0.138. The number of likely N-dealkylation sites (tertiary alicyclic amines) is 1. The van der Waals surface area contributed by atoms with E-state index < -0.39 is 11.7 Å². The first-order valence-corrected chi connectivity index (χ1v) is 11.1. The van der Waals surface area contributed by atoms with Crippen LogP contribution in [0.25, 0.3) is 0 Å². The van der Waals surface area contributed by atoms with Crippen LogP contribution in [0.1, 0.15) is 43.2 Å². The summed E-state index contributed by atoms with van der Waals surface area (Å²) in [6.07, 6.45) is -0.290. The fraction of sp³-hybridized carbons (Fsp3) is 0.609. The van der Waals surface area contributed by atoms with E-state index in [1.54, 1.807) is 17.0 Å². The monoisotopic (exact) mass is 448 g/mol. The number of rotatable bonds is 4. The summed E-state index contributed by atoms with van der Waals surface area (Å²) in [5.41, 5.74) is 4.79. The number of nitrogens with two attached hydrogens (primary N) is 1. The molecule has 3 aliphatic rings. The van der Waals surface area contributed by atoms with Gasteiger partial charge in [0.25, 0.3) is 0 Å². The Kier molecular flexibility index (Phi) is 6.06. The van der Waals surface area contributed by atoms with Gasteiger partial charge >= 0.3 is 6.18 Å². The first kappa shape index (κ1) is 22.4. The molecule has 0 aromatic heterocycles. The van der Waals surface area contributed by atoms with Crippen molar-refractivity contribution in [1.29, 1.82) is 5.26 Å². The first-order chi connectivity index (χ1) is 15.2. The summed E-state index contributed by atoms with van der Waals surface area (Å²) >= 11 is 0. The molecule has 1 aromatic carbocycles. The Morgan fingerprint density at radius 3 is 2.31 bits per heavy atom. The number of nitriles is 1. The first-order valence-electron chi connectivity index (χ1n) is 11.1. The lowest BCUT2D eigenvalue weighted by Crippen LogP contribution is -2.40. The van der Waals surface area contributed by atoms with Gasteiger partial charge in [0.1, 0.15) is 0 Å². The molecule has 172 valence electrons. The third-order valence-corrected chi connectivity index (χ3v) is 7.44. The molecule has 1 aromatic rings. The van der Waals surface area contributed by atoms with E-state index >= 15 is 0 Å². The Hall–Kier alpha value is -2.76. The zero-order valence-corrected chi connectivity index (χ0v) is 17.8. The Morgan fingerprint density at radius 2 is 1.78 bits per heavy atom. The van der Waals surface area contributed by atoms with Crippen LogP contribution in [0.15, 0.2) is 18.2 Å². The summed E-state index contributed by atoms with van der Waals surface area (Å²) in [5.74, 6) is -0.387. The highest BCUT2D eigenvalue weighted by Gasteiger charge is 2.45. The van der Waals surface area contributed by atoms with Crippen LogP contribution in [-0.2, 0) is 15.8 Å². The number of primary amides is 1. The van der Waals surface area contributed by atoms with Gasteiger partial charge < -0.3 is 15.5 Å². The predicted molar refractivity (Wildman–Crippen MR) is 111 cm³/mol. The highest BCUT2D eigenvalue weighted by molar-refractivity contribution is 5.83. The predicted octanol–water partition coefficient (Wildman–Crippen LogP) is 3.15. The second-order valence-corrected chi connectivity index (χ2v) is 9.21. The molecule has 2 saturated heterocycles. The van der Waals surface area contributed by atoms with E-state index in [9.17, 15) is 22.8 Å². The minimum absolute atomic E-state index is 0.00891. The molecule has 1 saturated carbocycles. The Morgan fingerprint density at radius 1 is 1.09 bits per heavy atom. The molecule has 2 N–H and O–H groups in total. The summed E-state index contributed by atoms with van der Waals surface area (Å²) in [4.78, 5) is 28.5. The summed E-state index contributed by atoms with van der Waals surface area (Å²) in [5, 5.41) is 8.99. The number of halogens is 3. The number of anilines is 1. The molecule has 2 heterocycles. The lowest BCUT2D eigenvalue weighted by Gasteiger charge is -2.37. The van der Waals surface area contributed by atoms with Crippen molar-refractivity contribution in [2.75, 3.05) is 31.1 Å². The van der Waals surface area contributed by atoms with E-state index in [1.165, 1.54) is 6.07 Å². The van der Waals surface area contributed by atoms with Crippen LogP contribution in [0, 0.1) is 35.0 Å². The second-order valence-electron chi connectivity index (χ2n) is 9.21. The Balaban J connectivity index is 1.43. The normalized spacial score (nSPS) is 24.8. The molecule has 3 fully saturated rings. The molecule has 2 atom stereocenters. The fourth-order valence-corrected chi connectivity index (χ4v) is 5.35. The maximum absolute atomic E-state index is 13.3. The van der Waals surface area contributed by atoms with Crippen molar-refractivity contribution in [3.8, 4) is 6.07 Å². The van der Waals surface area contributed by atoms with E-state index in [0.717, 1.165) is 25.3 Å². The van der Waals surface area contributed by atoms with Crippen molar-refractivity contribution in [2.45, 2.75) is 38.3 Å². The summed E-state index contributed by atoms with van der Waals surface area (Å²) in [6.45, 7) is 2.00. The minimum atomic E-state index is -4.59. The average molecular weight is 448 g/mol. The topological polar surface area (TPSA) is 90.4 Å². The quantitative estimate of drug-likeness (QED) is 0.766. The van der Waals surface area contributed by atoms with Crippen molar-refractivity contribution < 1.29 is 22.8 Å². The molecule has 2 amide bonds. The SMILES string of the molecule is N#Cc1ccc(N2CCC(C3CN(C(=O)C4CCC4)CC3C(N)=O)CC2)cc1C(F)(F)F. The van der Waals surface area contributed by atoms with Crippen molar-refractivity contribution in [3.05, 3.63) is 29.3 Å². The van der Waals surface area contributed by atoms with Gasteiger partial charge in [-0.2, -0.15) is 18.4 Å². The van der Waals surface area contributed by atoms with Gasteiger partial charge in [0.05, 0.1) is 23.1 Å². The molecule has 32 heavy (non-hydrogen) atoms. The van der Waals surface area contributed by atoms with E-state index in [2.05, 4.69) is 0 Å². The zero-order valence-electron chi connectivity index (χ0n) is 17.8. The third-order valence-electron chi connectivity index (χ3n) is 7.44. The number of carbonyl (C=O) groups excluding carboxylic acids is 2. The van der Waals surface area contributed by atoms with Crippen LogP contribution >= 0.6 is 0 Å². The number of benzene rings is 1. The molecule has 0 bridgehead atoms. The number of nitrogens with zero attached hydrogens (tertiary/aromatic N) is 3. The van der Waals surface area contributed by atoms with Gasteiger partial charge in [0.15, 0.2) is 0 Å². The highest BCUT2D eigenvalue weighted by Crippen LogP contribution is 2.40. The smallest absolute Gasteiger partial charge is 0.372 e. The van der Waals surface area contributed by atoms with Gasteiger partial charge in [-0.25, -0.2) is 0 Å². The number of hydrogen-bond donors (Lipinski definition) is 1. The largest absolute Gasteiger partial charge is 0.417 e. The van der Waals surface area contributed by atoms with Crippen molar-refractivity contribution >= 4 is 17.5 Å². The van der Waals surface area contributed by atoms with Gasteiger partial charge in [-0.1, -0.05) is 6.42 Å². The van der Waals surface area contributed by atoms with Gasteiger partial charge in [-0.05, 0) is 55.7 Å².